The van der Waals surface area contributed by atoms with Crippen molar-refractivity contribution in [2.75, 3.05) is 13.2 Å². The van der Waals surface area contributed by atoms with Crippen LogP contribution < -0.4 is 0 Å². The molecule has 0 heterocycles. The number of esters is 3. The average Bonchev–Trinajstić information content (AvgIpc) is 3.35. The summed E-state index contributed by atoms with van der Waals surface area (Å²) in [6.07, 6.45) is 74.3. The Morgan fingerprint density at radius 3 is 0.928 bits per heavy atom. The maximum Gasteiger partial charge on any atom is 0.306 e. The summed E-state index contributed by atoms with van der Waals surface area (Å²) >= 11 is 0. The largest absolute Gasteiger partial charge is 0.462 e. The van der Waals surface area contributed by atoms with Gasteiger partial charge in [0.1, 0.15) is 13.2 Å². The highest BCUT2D eigenvalue weighted by atomic mass is 16.6. The molecular weight excluding hydrogens is 853 g/mol. The molecule has 69 heavy (non-hydrogen) atoms. The van der Waals surface area contributed by atoms with Crippen molar-refractivity contribution in [3.63, 3.8) is 0 Å². The van der Waals surface area contributed by atoms with Crippen molar-refractivity contribution in [2.45, 2.75) is 284 Å². The van der Waals surface area contributed by atoms with Crippen molar-refractivity contribution in [2.24, 2.45) is 0 Å². The summed E-state index contributed by atoms with van der Waals surface area (Å²) in [5, 5.41) is 0. The normalized spacial score (nSPS) is 12.7. The average molecular weight is 962 g/mol. The highest BCUT2D eigenvalue weighted by molar-refractivity contribution is 5.71. The zero-order valence-corrected chi connectivity index (χ0v) is 45.3. The van der Waals surface area contributed by atoms with Crippen molar-refractivity contribution < 1.29 is 28.6 Å². The van der Waals surface area contributed by atoms with Crippen molar-refractivity contribution >= 4 is 17.9 Å². The smallest absolute Gasteiger partial charge is 0.306 e. The molecule has 0 aromatic carbocycles. The van der Waals surface area contributed by atoms with Crippen LogP contribution in [0.25, 0.3) is 0 Å². The topological polar surface area (TPSA) is 78.9 Å². The van der Waals surface area contributed by atoms with E-state index in [9.17, 15) is 14.4 Å². The van der Waals surface area contributed by atoms with Gasteiger partial charge in [0.2, 0.25) is 0 Å². The Kier molecular flexibility index (Phi) is 54.3. The van der Waals surface area contributed by atoms with Gasteiger partial charge in [-0.3, -0.25) is 14.4 Å². The monoisotopic (exact) mass is 961 g/mol. The molecule has 0 aliphatic rings. The maximum absolute atomic E-state index is 12.8. The summed E-state index contributed by atoms with van der Waals surface area (Å²) in [5.74, 6) is -0.908. The molecule has 0 N–H and O–H groups in total. The number of rotatable bonds is 52. The Morgan fingerprint density at radius 1 is 0.304 bits per heavy atom. The number of carbonyl (C=O) groups is 3. The van der Waals surface area contributed by atoms with E-state index in [1.54, 1.807) is 0 Å². The van der Waals surface area contributed by atoms with Gasteiger partial charge < -0.3 is 14.2 Å². The second-order valence-electron chi connectivity index (χ2n) is 19.2. The molecule has 0 amide bonds. The fourth-order valence-electron chi connectivity index (χ4n) is 7.99. The molecular formula is C63H108O6. The lowest BCUT2D eigenvalue weighted by molar-refractivity contribution is -0.167. The molecule has 0 spiro atoms. The van der Waals surface area contributed by atoms with Gasteiger partial charge in [0.05, 0.1) is 0 Å². The summed E-state index contributed by atoms with van der Waals surface area (Å²) < 4.78 is 16.8. The van der Waals surface area contributed by atoms with E-state index in [2.05, 4.69) is 106 Å². The third-order valence-corrected chi connectivity index (χ3v) is 12.4. The first-order valence-corrected chi connectivity index (χ1v) is 29.1. The third kappa shape index (κ3) is 55.4. The number of hydrogen-bond donors (Lipinski definition) is 0. The SMILES string of the molecule is CC/C=C\C/C=C\C/C=C\C/C=C\CCCCCCCCCCCCC(=O)OCC(COC(=O)CCCCCCC/C=C\CCCCCC)OC(=O)CCCCCCC/C=C\C/C=C\CCCCC. The summed E-state index contributed by atoms with van der Waals surface area (Å²) in [6, 6.07) is 0. The highest BCUT2D eigenvalue weighted by Crippen LogP contribution is 2.15. The van der Waals surface area contributed by atoms with Gasteiger partial charge in [0, 0.05) is 19.3 Å². The van der Waals surface area contributed by atoms with Crippen LogP contribution in [0.5, 0.6) is 0 Å². The van der Waals surface area contributed by atoms with Gasteiger partial charge in [0.15, 0.2) is 6.10 Å². The van der Waals surface area contributed by atoms with Crippen molar-refractivity contribution in [3.8, 4) is 0 Å². The fourth-order valence-corrected chi connectivity index (χ4v) is 7.99. The second kappa shape index (κ2) is 57.2. The predicted molar refractivity (Wildman–Crippen MR) is 297 cm³/mol. The minimum atomic E-state index is -0.789. The Morgan fingerprint density at radius 2 is 0.565 bits per heavy atom. The quantitative estimate of drug-likeness (QED) is 0.0262. The first-order valence-electron chi connectivity index (χ1n) is 29.1. The molecule has 6 heteroatoms. The lowest BCUT2D eigenvalue weighted by Gasteiger charge is -2.18. The van der Waals surface area contributed by atoms with Crippen LogP contribution >= 0.6 is 0 Å². The molecule has 0 rings (SSSR count). The molecule has 1 unspecified atom stereocenters. The van der Waals surface area contributed by atoms with E-state index in [1.165, 1.54) is 122 Å². The van der Waals surface area contributed by atoms with Crippen LogP contribution in [0.2, 0.25) is 0 Å². The number of hydrogen-bond acceptors (Lipinski definition) is 6. The lowest BCUT2D eigenvalue weighted by Crippen LogP contribution is -2.30. The molecule has 1 atom stereocenters. The van der Waals surface area contributed by atoms with E-state index >= 15 is 0 Å². The van der Waals surface area contributed by atoms with Crippen LogP contribution in [0, 0.1) is 0 Å². The van der Waals surface area contributed by atoms with Gasteiger partial charge in [-0.2, -0.15) is 0 Å². The third-order valence-electron chi connectivity index (χ3n) is 12.4. The van der Waals surface area contributed by atoms with Gasteiger partial charge in [-0.05, 0) is 116 Å². The van der Waals surface area contributed by atoms with Crippen molar-refractivity contribution in [1.29, 1.82) is 0 Å². The van der Waals surface area contributed by atoms with Gasteiger partial charge in [-0.15, -0.1) is 0 Å². The van der Waals surface area contributed by atoms with E-state index in [-0.39, 0.29) is 31.1 Å². The summed E-state index contributed by atoms with van der Waals surface area (Å²) in [6.45, 7) is 6.48. The van der Waals surface area contributed by atoms with E-state index in [4.69, 9.17) is 14.2 Å². The Labute approximate surface area is 426 Å². The molecule has 0 aliphatic heterocycles. The van der Waals surface area contributed by atoms with Gasteiger partial charge in [-0.1, -0.05) is 228 Å². The van der Waals surface area contributed by atoms with Crippen LogP contribution in [0.1, 0.15) is 278 Å². The molecule has 0 radical (unpaired) electrons. The van der Waals surface area contributed by atoms with Gasteiger partial charge in [-0.25, -0.2) is 0 Å². The number of carbonyl (C=O) groups excluding carboxylic acids is 3. The van der Waals surface area contributed by atoms with Crippen molar-refractivity contribution in [3.05, 3.63) is 85.1 Å². The van der Waals surface area contributed by atoms with Crippen LogP contribution in [0.4, 0.5) is 0 Å². The van der Waals surface area contributed by atoms with Crippen LogP contribution in [0.15, 0.2) is 85.1 Å². The zero-order chi connectivity index (χ0) is 50.0. The minimum Gasteiger partial charge on any atom is -0.462 e. The molecule has 0 fully saturated rings. The Hall–Kier alpha value is -3.41. The first-order chi connectivity index (χ1) is 34.0. The standard InChI is InChI=1S/C63H108O6/c1-4-7-10-13-16-19-22-25-27-28-29-30-31-32-33-34-36-38-41-44-47-50-53-56-62(65)68-59-60(58-67-61(64)55-52-49-46-43-40-37-24-21-18-15-12-9-6-3)69-63(66)57-54-51-48-45-42-39-35-26-23-20-17-14-11-8-5-2/h7,10,16-17,19-21,24-27,29-30,35,60H,4-6,8-9,11-15,18,22-23,28,31-34,36-59H2,1-3H3/b10-7-,19-16-,20-17-,24-21-,27-25-,30-29-,35-26-. The Balaban J connectivity index is 4.35. The predicted octanol–water partition coefficient (Wildman–Crippen LogP) is 19.5. The number of unbranched alkanes of at least 4 members (excludes halogenated alkanes) is 27. The minimum absolute atomic E-state index is 0.0867. The van der Waals surface area contributed by atoms with Crippen molar-refractivity contribution in [1.82, 2.24) is 0 Å². The lowest BCUT2D eigenvalue weighted by atomic mass is 10.1. The molecule has 0 aromatic heterocycles. The van der Waals surface area contributed by atoms with E-state index in [0.29, 0.717) is 19.3 Å². The molecule has 0 saturated heterocycles. The van der Waals surface area contributed by atoms with Gasteiger partial charge in [0.25, 0.3) is 0 Å². The van der Waals surface area contributed by atoms with E-state index < -0.39 is 6.10 Å². The van der Waals surface area contributed by atoms with Gasteiger partial charge >= 0.3 is 17.9 Å². The molecule has 6 nitrogen and oxygen atoms in total. The molecule has 0 saturated carbocycles. The molecule has 0 aromatic rings. The van der Waals surface area contributed by atoms with E-state index in [0.717, 1.165) is 116 Å². The maximum atomic E-state index is 12.8. The first kappa shape index (κ1) is 65.6. The van der Waals surface area contributed by atoms with Crippen LogP contribution in [-0.4, -0.2) is 37.2 Å². The summed E-state index contributed by atoms with van der Waals surface area (Å²) in [4.78, 5) is 38.1. The molecule has 0 bridgehead atoms. The summed E-state index contributed by atoms with van der Waals surface area (Å²) in [5.41, 5.74) is 0. The van der Waals surface area contributed by atoms with E-state index in [1.807, 2.05) is 0 Å². The molecule has 396 valence electrons. The van der Waals surface area contributed by atoms with Crippen LogP contribution in [-0.2, 0) is 28.6 Å². The fraction of sp³-hybridized carbons (Fsp3) is 0.730. The number of ether oxygens (including phenoxy) is 3. The summed E-state index contributed by atoms with van der Waals surface area (Å²) in [7, 11) is 0. The molecule has 0 aliphatic carbocycles. The number of allylic oxidation sites excluding steroid dienone is 14. The zero-order valence-electron chi connectivity index (χ0n) is 45.3. The Bertz CT molecular complexity index is 1330. The van der Waals surface area contributed by atoms with Crippen LogP contribution in [0.3, 0.4) is 0 Å². The highest BCUT2D eigenvalue weighted by Gasteiger charge is 2.19. The second-order valence-corrected chi connectivity index (χ2v) is 19.2.